The highest BCUT2D eigenvalue weighted by atomic mass is 16.5. The van der Waals surface area contributed by atoms with Crippen molar-refractivity contribution in [1.29, 1.82) is 0 Å². The van der Waals surface area contributed by atoms with E-state index in [9.17, 15) is 4.79 Å². The standard InChI is InChI=1S/C23H30N2O5/c1-2-27-13-14-29-22-11-4-3-10-21(22)25-23(26)16-24-18-7-5-8-19(15-18)30-17-20-9-6-12-28-20/h3-5,7-8,10-11,15,20,24H,2,6,9,12-14,16-17H2,1H3,(H,25,26). The third-order valence-corrected chi connectivity index (χ3v) is 4.60. The van der Waals surface area contributed by atoms with Gasteiger partial charge in [0.05, 0.1) is 24.9 Å². The number of rotatable bonds is 12. The Kier molecular flexibility index (Phi) is 8.80. The second-order valence-corrected chi connectivity index (χ2v) is 6.92. The Bertz CT molecular complexity index is 793. The smallest absolute Gasteiger partial charge is 0.243 e. The van der Waals surface area contributed by atoms with Gasteiger partial charge in [0.25, 0.3) is 0 Å². The maximum atomic E-state index is 12.4. The van der Waals surface area contributed by atoms with Gasteiger partial charge >= 0.3 is 0 Å². The number of nitrogens with one attached hydrogen (secondary N) is 2. The number of amides is 1. The van der Waals surface area contributed by atoms with Crippen molar-refractivity contribution in [2.45, 2.75) is 25.9 Å². The first-order valence-electron chi connectivity index (χ1n) is 10.4. The number of hydrogen-bond acceptors (Lipinski definition) is 6. The lowest BCUT2D eigenvalue weighted by Gasteiger charge is -2.14. The molecule has 1 fully saturated rings. The number of carbonyl (C=O) groups excluding carboxylic acids is 1. The molecule has 7 nitrogen and oxygen atoms in total. The normalized spacial score (nSPS) is 15.6. The second kappa shape index (κ2) is 12.0. The van der Waals surface area contributed by atoms with E-state index in [0.29, 0.717) is 37.9 Å². The van der Waals surface area contributed by atoms with Crippen LogP contribution in [0.15, 0.2) is 48.5 Å². The molecular weight excluding hydrogens is 384 g/mol. The molecule has 3 rings (SSSR count). The lowest BCUT2D eigenvalue weighted by molar-refractivity contribution is -0.114. The number of hydrogen-bond donors (Lipinski definition) is 2. The molecule has 1 aliphatic rings. The Morgan fingerprint density at radius 1 is 1.13 bits per heavy atom. The van der Waals surface area contributed by atoms with Gasteiger partial charge in [0.2, 0.25) is 5.91 Å². The quantitative estimate of drug-likeness (QED) is 0.516. The molecule has 0 saturated carbocycles. The third-order valence-electron chi connectivity index (χ3n) is 4.60. The van der Waals surface area contributed by atoms with Crippen molar-refractivity contribution in [1.82, 2.24) is 0 Å². The predicted molar refractivity (Wildman–Crippen MR) is 116 cm³/mol. The number of carbonyl (C=O) groups is 1. The van der Waals surface area contributed by atoms with Crippen LogP contribution in [0.25, 0.3) is 0 Å². The molecule has 1 aliphatic heterocycles. The van der Waals surface area contributed by atoms with E-state index in [0.717, 1.165) is 30.9 Å². The van der Waals surface area contributed by atoms with Crippen molar-refractivity contribution >= 4 is 17.3 Å². The van der Waals surface area contributed by atoms with Gasteiger partial charge in [-0.2, -0.15) is 0 Å². The first-order chi connectivity index (χ1) is 14.7. The Balaban J connectivity index is 1.46. The van der Waals surface area contributed by atoms with Crippen LogP contribution in [0.3, 0.4) is 0 Å². The Hall–Kier alpha value is -2.77. The lowest BCUT2D eigenvalue weighted by atomic mass is 10.2. The van der Waals surface area contributed by atoms with E-state index in [1.807, 2.05) is 55.5 Å². The van der Waals surface area contributed by atoms with E-state index in [-0.39, 0.29) is 18.6 Å². The zero-order valence-corrected chi connectivity index (χ0v) is 17.4. The van der Waals surface area contributed by atoms with E-state index in [2.05, 4.69) is 10.6 Å². The summed E-state index contributed by atoms with van der Waals surface area (Å²) in [5, 5.41) is 6.01. The minimum absolute atomic E-state index is 0.127. The third kappa shape index (κ3) is 7.24. The molecule has 0 radical (unpaired) electrons. The lowest BCUT2D eigenvalue weighted by Crippen LogP contribution is -2.22. The van der Waals surface area contributed by atoms with Crippen LogP contribution < -0.4 is 20.1 Å². The molecule has 1 atom stereocenters. The molecule has 0 spiro atoms. The molecular formula is C23H30N2O5. The van der Waals surface area contributed by atoms with Crippen molar-refractivity contribution in [3.63, 3.8) is 0 Å². The summed E-state index contributed by atoms with van der Waals surface area (Å²) in [5.41, 5.74) is 1.45. The van der Waals surface area contributed by atoms with Crippen molar-refractivity contribution in [3.05, 3.63) is 48.5 Å². The molecule has 1 heterocycles. The monoisotopic (exact) mass is 414 g/mol. The van der Waals surface area contributed by atoms with E-state index >= 15 is 0 Å². The summed E-state index contributed by atoms with van der Waals surface area (Å²) in [6.45, 7) is 5.00. The summed E-state index contributed by atoms with van der Waals surface area (Å²) in [4.78, 5) is 12.4. The van der Waals surface area contributed by atoms with Crippen LogP contribution in [0, 0.1) is 0 Å². The van der Waals surface area contributed by atoms with Gasteiger partial charge in [-0.15, -0.1) is 0 Å². The molecule has 30 heavy (non-hydrogen) atoms. The molecule has 0 aliphatic carbocycles. The van der Waals surface area contributed by atoms with Crippen LogP contribution >= 0.6 is 0 Å². The van der Waals surface area contributed by atoms with Gasteiger partial charge in [-0.3, -0.25) is 4.79 Å². The first-order valence-corrected chi connectivity index (χ1v) is 10.4. The van der Waals surface area contributed by atoms with E-state index in [1.54, 1.807) is 0 Å². The molecule has 0 bridgehead atoms. The van der Waals surface area contributed by atoms with Gasteiger partial charge in [0.15, 0.2) is 0 Å². The molecule has 2 N–H and O–H groups in total. The van der Waals surface area contributed by atoms with E-state index in [4.69, 9.17) is 18.9 Å². The summed E-state index contributed by atoms with van der Waals surface area (Å²) in [5.74, 6) is 1.21. The van der Waals surface area contributed by atoms with Crippen molar-refractivity contribution < 1.29 is 23.7 Å². The largest absolute Gasteiger partial charge is 0.491 e. The maximum Gasteiger partial charge on any atom is 0.243 e. The average molecular weight is 415 g/mol. The van der Waals surface area contributed by atoms with Crippen LogP contribution in [0.5, 0.6) is 11.5 Å². The highest BCUT2D eigenvalue weighted by Gasteiger charge is 2.16. The molecule has 162 valence electrons. The average Bonchev–Trinajstić information content (AvgIpc) is 3.29. The zero-order valence-electron chi connectivity index (χ0n) is 17.4. The fourth-order valence-electron chi connectivity index (χ4n) is 3.09. The van der Waals surface area contributed by atoms with Crippen LogP contribution in [-0.4, -0.2) is 51.6 Å². The van der Waals surface area contributed by atoms with Gasteiger partial charge in [-0.1, -0.05) is 18.2 Å². The molecule has 7 heteroatoms. The Morgan fingerprint density at radius 3 is 2.87 bits per heavy atom. The van der Waals surface area contributed by atoms with Gasteiger partial charge in [-0.25, -0.2) is 0 Å². The number of benzene rings is 2. The van der Waals surface area contributed by atoms with Gasteiger partial charge in [0, 0.05) is 25.0 Å². The molecule has 0 aromatic heterocycles. The summed E-state index contributed by atoms with van der Waals surface area (Å²) >= 11 is 0. The number of anilines is 2. The predicted octanol–water partition coefficient (Wildman–Crippen LogP) is 3.71. The van der Waals surface area contributed by atoms with Crippen LogP contribution in [-0.2, 0) is 14.3 Å². The van der Waals surface area contributed by atoms with Crippen molar-refractivity contribution in [2.24, 2.45) is 0 Å². The van der Waals surface area contributed by atoms with Crippen LogP contribution in [0.4, 0.5) is 11.4 Å². The second-order valence-electron chi connectivity index (χ2n) is 6.92. The minimum Gasteiger partial charge on any atom is -0.491 e. The highest BCUT2D eigenvalue weighted by Crippen LogP contribution is 2.24. The summed E-state index contributed by atoms with van der Waals surface area (Å²) < 4.78 is 22.4. The SMILES string of the molecule is CCOCCOc1ccccc1NC(=O)CNc1cccc(OCC2CCCO2)c1. The summed E-state index contributed by atoms with van der Waals surface area (Å²) in [7, 11) is 0. The van der Waals surface area contributed by atoms with E-state index in [1.165, 1.54) is 0 Å². The topological polar surface area (TPSA) is 78.1 Å². The van der Waals surface area contributed by atoms with Crippen LogP contribution in [0.1, 0.15) is 19.8 Å². The number of ether oxygens (including phenoxy) is 4. The maximum absolute atomic E-state index is 12.4. The fraction of sp³-hybridized carbons (Fsp3) is 0.435. The Morgan fingerprint density at radius 2 is 2.03 bits per heavy atom. The summed E-state index contributed by atoms with van der Waals surface area (Å²) in [6.07, 6.45) is 2.29. The minimum atomic E-state index is -0.165. The molecule has 2 aromatic rings. The zero-order chi connectivity index (χ0) is 21.0. The highest BCUT2D eigenvalue weighted by molar-refractivity contribution is 5.95. The van der Waals surface area contributed by atoms with Crippen LogP contribution in [0.2, 0.25) is 0 Å². The molecule has 1 unspecified atom stereocenters. The van der Waals surface area contributed by atoms with Gasteiger partial charge < -0.3 is 29.6 Å². The molecule has 1 amide bonds. The molecule has 1 saturated heterocycles. The van der Waals surface area contributed by atoms with Gasteiger partial charge in [-0.05, 0) is 44.0 Å². The molecule has 2 aromatic carbocycles. The first kappa shape index (κ1) is 21.9. The Labute approximate surface area is 177 Å². The number of para-hydroxylation sites is 2. The van der Waals surface area contributed by atoms with Gasteiger partial charge in [0.1, 0.15) is 24.7 Å². The van der Waals surface area contributed by atoms with Crippen molar-refractivity contribution in [3.8, 4) is 11.5 Å². The van der Waals surface area contributed by atoms with Crippen molar-refractivity contribution in [2.75, 3.05) is 50.2 Å². The van der Waals surface area contributed by atoms with E-state index < -0.39 is 0 Å². The fourth-order valence-corrected chi connectivity index (χ4v) is 3.09. The summed E-state index contributed by atoms with van der Waals surface area (Å²) in [6, 6.07) is 14.9.